The van der Waals surface area contributed by atoms with Crippen LogP contribution in [0.1, 0.15) is 11.3 Å². The number of benzene rings is 1. The van der Waals surface area contributed by atoms with Crippen LogP contribution in [0.25, 0.3) is 0 Å². The molecule has 0 aliphatic carbocycles. The first-order valence-electron chi connectivity index (χ1n) is 5.72. The number of anilines is 1. The van der Waals surface area contributed by atoms with Crippen LogP contribution in [0.5, 0.6) is 0 Å². The van der Waals surface area contributed by atoms with E-state index in [0.29, 0.717) is 17.3 Å². The molecule has 0 radical (unpaired) electrons. The van der Waals surface area contributed by atoms with Gasteiger partial charge in [-0.3, -0.25) is 4.98 Å². The average Bonchev–Trinajstić information content (AvgIpc) is 2.47. The third kappa shape index (κ3) is 3.61. The number of nitrogens with two attached hydrogens (primary N) is 1. The van der Waals surface area contributed by atoms with Gasteiger partial charge in [0.15, 0.2) is 5.84 Å². The van der Waals surface area contributed by atoms with Gasteiger partial charge in [-0.2, -0.15) is 0 Å². The number of oxime groups is 1. The number of amidine groups is 1. The van der Waals surface area contributed by atoms with E-state index in [-0.39, 0.29) is 5.84 Å². The van der Waals surface area contributed by atoms with Crippen molar-refractivity contribution in [2.75, 3.05) is 5.32 Å². The van der Waals surface area contributed by atoms with Crippen LogP contribution < -0.4 is 11.1 Å². The van der Waals surface area contributed by atoms with Gasteiger partial charge < -0.3 is 16.3 Å². The molecule has 104 valence electrons. The summed E-state index contributed by atoms with van der Waals surface area (Å²) in [5, 5.41) is 15.4. The van der Waals surface area contributed by atoms with Gasteiger partial charge in [0.1, 0.15) is 5.69 Å². The van der Waals surface area contributed by atoms with Crippen molar-refractivity contribution in [1.29, 1.82) is 0 Å². The van der Waals surface area contributed by atoms with Crippen molar-refractivity contribution >= 4 is 39.1 Å². The Morgan fingerprint density at radius 2 is 2.20 bits per heavy atom. The summed E-state index contributed by atoms with van der Waals surface area (Å²) in [5.74, 6) is -0.0210. The van der Waals surface area contributed by atoms with Crippen LogP contribution in [-0.4, -0.2) is 16.0 Å². The van der Waals surface area contributed by atoms with Gasteiger partial charge in [-0.25, -0.2) is 0 Å². The van der Waals surface area contributed by atoms with Crippen molar-refractivity contribution in [2.45, 2.75) is 6.54 Å². The molecular weight excluding hydrogens is 344 g/mol. The number of aromatic nitrogens is 1. The summed E-state index contributed by atoms with van der Waals surface area (Å²) >= 11 is 9.49. The van der Waals surface area contributed by atoms with Gasteiger partial charge in [-0.15, -0.1) is 0 Å². The Morgan fingerprint density at radius 3 is 2.95 bits per heavy atom. The Hall–Kier alpha value is -1.79. The topological polar surface area (TPSA) is 83.5 Å². The lowest BCUT2D eigenvalue weighted by atomic mass is 10.2. The predicted molar refractivity (Wildman–Crippen MR) is 83.2 cm³/mol. The first-order chi connectivity index (χ1) is 9.60. The van der Waals surface area contributed by atoms with Gasteiger partial charge in [-0.05, 0) is 35.9 Å². The molecular formula is C13H12BrClN4O. The van der Waals surface area contributed by atoms with Crippen LogP contribution in [0, 0.1) is 0 Å². The Kier molecular flexibility index (Phi) is 4.81. The fraction of sp³-hybridized carbons (Fsp3) is 0.0769. The molecule has 1 aromatic heterocycles. The van der Waals surface area contributed by atoms with E-state index < -0.39 is 0 Å². The van der Waals surface area contributed by atoms with Crippen molar-refractivity contribution in [3.8, 4) is 0 Å². The molecule has 0 aliphatic heterocycles. The molecule has 2 rings (SSSR count). The summed E-state index contributed by atoms with van der Waals surface area (Å²) in [7, 11) is 0. The third-order valence-electron chi connectivity index (χ3n) is 2.61. The molecule has 1 heterocycles. The van der Waals surface area contributed by atoms with Crippen LogP contribution in [0.4, 0.5) is 5.69 Å². The van der Waals surface area contributed by atoms with Gasteiger partial charge >= 0.3 is 0 Å². The summed E-state index contributed by atoms with van der Waals surface area (Å²) in [6.45, 7) is 0.546. The van der Waals surface area contributed by atoms with Crippen molar-refractivity contribution in [1.82, 2.24) is 4.98 Å². The number of rotatable bonds is 4. The molecule has 2 aromatic rings. The minimum absolute atomic E-state index is 0.0210. The molecule has 0 saturated heterocycles. The highest BCUT2D eigenvalue weighted by Crippen LogP contribution is 2.26. The summed E-state index contributed by atoms with van der Waals surface area (Å²) in [5.41, 5.74) is 7.69. The highest BCUT2D eigenvalue weighted by Gasteiger charge is 2.04. The molecule has 20 heavy (non-hydrogen) atoms. The highest BCUT2D eigenvalue weighted by atomic mass is 79.9. The van der Waals surface area contributed by atoms with Gasteiger partial charge in [0.2, 0.25) is 0 Å². The third-order valence-corrected chi connectivity index (χ3v) is 3.43. The molecule has 0 aliphatic rings. The first-order valence-corrected chi connectivity index (χ1v) is 6.89. The Morgan fingerprint density at radius 1 is 1.40 bits per heavy atom. The molecule has 0 saturated carbocycles. The lowest BCUT2D eigenvalue weighted by molar-refractivity contribution is 0.318. The molecule has 0 bridgehead atoms. The van der Waals surface area contributed by atoms with Gasteiger partial charge in [0.25, 0.3) is 0 Å². The van der Waals surface area contributed by atoms with E-state index in [2.05, 4.69) is 31.4 Å². The second-order valence-electron chi connectivity index (χ2n) is 4.01. The van der Waals surface area contributed by atoms with Crippen LogP contribution in [0.2, 0.25) is 5.02 Å². The fourth-order valence-corrected chi connectivity index (χ4v) is 2.15. The van der Waals surface area contributed by atoms with Crippen LogP contribution in [0.3, 0.4) is 0 Å². The molecule has 0 spiro atoms. The molecule has 0 fully saturated rings. The standard InChI is InChI=1S/C13H12BrClN4O/c14-9-1-2-10(15)11(6-9)18-7-8-3-4-17-12(5-8)13(16)19-20/h1-6,18,20H,7H2,(H2,16,19). The number of pyridine rings is 1. The number of hydrogen-bond acceptors (Lipinski definition) is 4. The van der Waals surface area contributed by atoms with Crippen molar-refractivity contribution in [3.05, 3.63) is 57.3 Å². The zero-order valence-electron chi connectivity index (χ0n) is 10.3. The largest absolute Gasteiger partial charge is 0.409 e. The SMILES string of the molecule is NC(=NO)c1cc(CNc2cc(Br)ccc2Cl)ccn1. The number of hydrogen-bond donors (Lipinski definition) is 3. The second kappa shape index (κ2) is 6.58. The van der Waals surface area contributed by atoms with Gasteiger partial charge in [-0.1, -0.05) is 32.7 Å². The monoisotopic (exact) mass is 354 g/mol. The van der Waals surface area contributed by atoms with Crippen LogP contribution in [-0.2, 0) is 6.54 Å². The molecule has 0 atom stereocenters. The number of nitrogens with one attached hydrogen (secondary N) is 1. The van der Waals surface area contributed by atoms with E-state index in [1.165, 1.54) is 0 Å². The summed E-state index contributed by atoms with van der Waals surface area (Å²) in [6.07, 6.45) is 1.60. The minimum Gasteiger partial charge on any atom is -0.409 e. The average molecular weight is 356 g/mol. The van der Waals surface area contributed by atoms with Crippen molar-refractivity contribution in [3.63, 3.8) is 0 Å². The molecule has 0 amide bonds. The van der Waals surface area contributed by atoms with Crippen molar-refractivity contribution in [2.24, 2.45) is 10.9 Å². The second-order valence-corrected chi connectivity index (χ2v) is 5.34. The zero-order chi connectivity index (χ0) is 14.5. The zero-order valence-corrected chi connectivity index (χ0v) is 12.7. The maximum Gasteiger partial charge on any atom is 0.188 e. The Labute approximate surface area is 129 Å². The minimum atomic E-state index is -0.0210. The lowest BCUT2D eigenvalue weighted by Gasteiger charge is -2.09. The predicted octanol–water partition coefficient (Wildman–Crippen LogP) is 3.20. The van der Waals surface area contributed by atoms with Crippen LogP contribution >= 0.6 is 27.5 Å². The smallest absolute Gasteiger partial charge is 0.188 e. The lowest BCUT2D eigenvalue weighted by Crippen LogP contribution is -2.15. The van der Waals surface area contributed by atoms with Crippen molar-refractivity contribution < 1.29 is 5.21 Å². The molecule has 4 N–H and O–H groups in total. The Balaban J connectivity index is 2.13. The van der Waals surface area contributed by atoms with Gasteiger partial charge in [0.05, 0.1) is 10.7 Å². The van der Waals surface area contributed by atoms with E-state index in [4.69, 9.17) is 22.5 Å². The first kappa shape index (κ1) is 14.6. The van der Waals surface area contributed by atoms with Crippen LogP contribution in [0.15, 0.2) is 46.2 Å². The normalized spacial score (nSPS) is 11.4. The fourth-order valence-electron chi connectivity index (χ4n) is 1.61. The quantitative estimate of drug-likeness (QED) is 0.340. The molecule has 1 aromatic carbocycles. The molecule has 0 unspecified atom stereocenters. The van der Waals surface area contributed by atoms with Gasteiger partial charge in [0, 0.05) is 17.2 Å². The molecule has 7 heteroatoms. The number of nitrogens with zero attached hydrogens (tertiary/aromatic N) is 2. The van der Waals surface area contributed by atoms with E-state index >= 15 is 0 Å². The highest BCUT2D eigenvalue weighted by molar-refractivity contribution is 9.10. The summed E-state index contributed by atoms with van der Waals surface area (Å²) in [4.78, 5) is 4.02. The maximum absolute atomic E-state index is 8.64. The van der Waals surface area contributed by atoms with E-state index in [9.17, 15) is 0 Å². The van der Waals surface area contributed by atoms with E-state index in [1.54, 1.807) is 12.3 Å². The van der Waals surface area contributed by atoms with E-state index in [1.807, 2.05) is 24.3 Å². The summed E-state index contributed by atoms with van der Waals surface area (Å²) in [6, 6.07) is 9.16. The Bertz CT molecular complexity index is 648. The summed E-state index contributed by atoms with van der Waals surface area (Å²) < 4.78 is 0.941. The number of halogens is 2. The molecule has 5 nitrogen and oxygen atoms in total. The van der Waals surface area contributed by atoms with E-state index in [0.717, 1.165) is 15.7 Å². The maximum atomic E-state index is 8.64.